The van der Waals surface area contributed by atoms with Crippen LogP contribution < -0.4 is 5.73 Å². The molecule has 1 saturated carbocycles. The van der Waals surface area contributed by atoms with Crippen molar-refractivity contribution >= 4 is 5.69 Å². The highest BCUT2D eigenvalue weighted by Gasteiger charge is 2.46. The molecule has 0 amide bonds. The molecule has 1 aliphatic carbocycles. The number of anilines is 1. The summed E-state index contributed by atoms with van der Waals surface area (Å²) in [5.74, 6) is 0. The molecule has 2 rings (SSSR count). The van der Waals surface area contributed by atoms with Crippen LogP contribution in [0.25, 0.3) is 0 Å². The quantitative estimate of drug-likeness (QED) is 0.687. The summed E-state index contributed by atoms with van der Waals surface area (Å²) < 4.78 is 0. The SMILES string of the molecule is N#CC1(c2ccc(N)cc2CO)CC1. The molecule has 0 radical (unpaired) electrons. The van der Waals surface area contributed by atoms with Crippen molar-refractivity contribution in [3.8, 4) is 6.07 Å². The third-order valence-electron chi connectivity index (χ3n) is 2.78. The first-order chi connectivity index (χ1) is 6.72. The summed E-state index contributed by atoms with van der Waals surface area (Å²) in [6, 6.07) is 7.70. The zero-order chi connectivity index (χ0) is 10.2. The largest absolute Gasteiger partial charge is 0.399 e. The van der Waals surface area contributed by atoms with Crippen LogP contribution in [-0.4, -0.2) is 5.11 Å². The van der Waals surface area contributed by atoms with Gasteiger partial charge in [0, 0.05) is 5.69 Å². The Morgan fingerprint density at radius 2 is 2.21 bits per heavy atom. The van der Waals surface area contributed by atoms with Crippen molar-refractivity contribution in [1.29, 1.82) is 5.26 Å². The lowest BCUT2D eigenvalue weighted by atomic mass is 9.92. The molecule has 3 nitrogen and oxygen atoms in total. The number of nitriles is 1. The third kappa shape index (κ3) is 1.24. The third-order valence-corrected chi connectivity index (χ3v) is 2.78. The summed E-state index contributed by atoms with van der Waals surface area (Å²) in [4.78, 5) is 0. The lowest BCUT2D eigenvalue weighted by molar-refractivity contribution is 0.280. The van der Waals surface area contributed by atoms with Gasteiger partial charge in [-0.05, 0) is 36.1 Å². The topological polar surface area (TPSA) is 70.0 Å². The molecule has 1 fully saturated rings. The maximum atomic E-state index is 9.16. The van der Waals surface area contributed by atoms with Gasteiger partial charge in [0.25, 0.3) is 0 Å². The first-order valence-corrected chi connectivity index (χ1v) is 4.63. The minimum absolute atomic E-state index is 0.0518. The number of nitrogens with zero attached hydrogens (tertiary/aromatic N) is 1. The van der Waals surface area contributed by atoms with Crippen LogP contribution in [0.4, 0.5) is 5.69 Å². The fourth-order valence-corrected chi connectivity index (χ4v) is 1.78. The monoisotopic (exact) mass is 188 g/mol. The number of aliphatic hydroxyl groups excluding tert-OH is 1. The Bertz CT molecular complexity index is 402. The average molecular weight is 188 g/mol. The number of nitrogens with two attached hydrogens (primary N) is 1. The van der Waals surface area contributed by atoms with Gasteiger partial charge >= 0.3 is 0 Å². The molecule has 3 heteroatoms. The second-order valence-electron chi connectivity index (χ2n) is 3.77. The molecule has 1 aromatic carbocycles. The highest BCUT2D eigenvalue weighted by Crippen LogP contribution is 2.48. The Labute approximate surface area is 82.8 Å². The Morgan fingerprint density at radius 3 is 2.71 bits per heavy atom. The van der Waals surface area contributed by atoms with E-state index in [2.05, 4.69) is 6.07 Å². The molecular formula is C11H12N2O. The molecule has 0 unspecified atom stereocenters. The van der Waals surface area contributed by atoms with Crippen LogP contribution in [0.1, 0.15) is 24.0 Å². The lowest BCUT2D eigenvalue weighted by Gasteiger charge is -2.11. The number of hydrogen-bond donors (Lipinski definition) is 2. The van der Waals surface area contributed by atoms with E-state index in [1.807, 2.05) is 6.07 Å². The molecule has 0 spiro atoms. The maximum absolute atomic E-state index is 9.16. The standard InChI is InChI=1S/C11H12N2O/c12-7-11(3-4-11)10-2-1-9(13)5-8(10)6-14/h1-2,5,14H,3-4,6,13H2. The van der Waals surface area contributed by atoms with Gasteiger partial charge in [-0.25, -0.2) is 0 Å². The second kappa shape index (κ2) is 3.00. The molecule has 0 atom stereocenters. The summed E-state index contributed by atoms with van der Waals surface area (Å²) in [6.45, 7) is -0.0518. The van der Waals surface area contributed by atoms with Gasteiger partial charge < -0.3 is 10.8 Å². The average Bonchev–Trinajstić information content (AvgIpc) is 2.98. The summed E-state index contributed by atoms with van der Waals surface area (Å²) >= 11 is 0. The highest BCUT2D eigenvalue weighted by molar-refractivity contribution is 5.51. The molecule has 1 aromatic rings. The van der Waals surface area contributed by atoms with Gasteiger partial charge in [-0.15, -0.1) is 0 Å². The van der Waals surface area contributed by atoms with Crippen molar-refractivity contribution in [1.82, 2.24) is 0 Å². The number of aliphatic hydroxyl groups is 1. The lowest BCUT2D eigenvalue weighted by Crippen LogP contribution is -2.07. The van der Waals surface area contributed by atoms with E-state index in [1.54, 1.807) is 12.1 Å². The minimum Gasteiger partial charge on any atom is -0.399 e. The molecule has 0 saturated heterocycles. The number of rotatable bonds is 2. The van der Waals surface area contributed by atoms with Crippen molar-refractivity contribution in [3.63, 3.8) is 0 Å². The number of benzene rings is 1. The van der Waals surface area contributed by atoms with Crippen LogP contribution >= 0.6 is 0 Å². The molecule has 0 heterocycles. The maximum Gasteiger partial charge on any atom is 0.0827 e. The Balaban J connectivity index is 2.49. The van der Waals surface area contributed by atoms with E-state index in [-0.39, 0.29) is 12.0 Å². The van der Waals surface area contributed by atoms with Gasteiger partial charge in [0.1, 0.15) is 0 Å². The van der Waals surface area contributed by atoms with Crippen LogP contribution in [0.2, 0.25) is 0 Å². The molecule has 0 aliphatic heterocycles. The molecule has 3 N–H and O–H groups in total. The van der Waals surface area contributed by atoms with E-state index in [0.29, 0.717) is 5.69 Å². The summed E-state index contributed by atoms with van der Waals surface area (Å²) in [5.41, 5.74) is 7.63. The van der Waals surface area contributed by atoms with Crippen LogP contribution in [0.5, 0.6) is 0 Å². The Kier molecular flexibility index (Phi) is 1.94. The van der Waals surface area contributed by atoms with Gasteiger partial charge in [-0.1, -0.05) is 6.07 Å². The highest BCUT2D eigenvalue weighted by atomic mass is 16.3. The van der Waals surface area contributed by atoms with E-state index in [9.17, 15) is 0 Å². The van der Waals surface area contributed by atoms with E-state index in [0.717, 1.165) is 24.0 Å². The predicted octanol–water partition coefficient (Wildman–Crippen LogP) is 1.32. The van der Waals surface area contributed by atoms with E-state index in [4.69, 9.17) is 16.1 Å². The van der Waals surface area contributed by atoms with Crippen molar-refractivity contribution in [2.75, 3.05) is 5.73 Å². The Morgan fingerprint density at radius 1 is 1.50 bits per heavy atom. The molecule has 1 aliphatic rings. The Hall–Kier alpha value is -1.53. The second-order valence-corrected chi connectivity index (χ2v) is 3.77. The van der Waals surface area contributed by atoms with Crippen molar-refractivity contribution in [3.05, 3.63) is 29.3 Å². The number of nitrogen functional groups attached to an aromatic ring is 1. The molecule has 14 heavy (non-hydrogen) atoms. The first kappa shape index (κ1) is 9.04. The van der Waals surface area contributed by atoms with Gasteiger partial charge in [0.2, 0.25) is 0 Å². The minimum atomic E-state index is -0.342. The van der Waals surface area contributed by atoms with Gasteiger partial charge in [-0.3, -0.25) is 0 Å². The number of hydrogen-bond acceptors (Lipinski definition) is 3. The van der Waals surface area contributed by atoms with E-state index in [1.165, 1.54) is 0 Å². The molecule has 72 valence electrons. The normalized spacial score (nSPS) is 17.4. The summed E-state index contributed by atoms with van der Waals surface area (Å²) in [7, 11) is 0. The van der Waals surface area contributed by atoms with Crippen LogP contribution in [0, 0.1) is 11.3 Å². The predicted molar refractivity (Wildman–Crippen MR) is 53.3 cm³/mol. The van der Waals surface area contributed by atoms with Crippen molar-refractivity contribution in [2.45, 2.75) is 24.9 Å². The van der Waals surface area contributed by atoms with E-state index >= 15 is 0 Å². The summed E-state index contributed by atoms with van der Waals surface area (Å²) in [6.07, 6.45) is 1.78. The zero-order valence-corrected chi connectivity index (χ0v) is 7.83. The van der Waals surface area contributed by atoms with Crippen molar-refractivity contribution < 1.29 is 5.11 Å². The fourth-order valence-electron chi connectivity index (χ4n) is 1.78. The summed E-state index contributed by atoms with van der Waals surface area (Å²) in [5, 5.41) is 18.2. The first-order valence-electron chi connectivity index (χ1n) is 4.63. The van der Waals surface area contributed by atoms with Crippen LogP contribution in [0.3, 0.4) is 0 Å². The fraction of sp³-hybridized carbons (Fsp3) is 0.364. The van der Waals surface area contributed by atoms with Crippen LogP contribution in [-0.2, 0) is 12.0 Å². The molecule has 0 aromatic heterocycles. The molecule has 0 bridgehead atoms. The smallest absolute Gasteiger partial charge is 0.0827 e. The van der Waals surface area contributed by atoms with Crippen molar-refractivity contribution in [2.24, 2.45) is 0 Å². The van der Waals surface area contributed by atoms with Gasteiger partial charge in [-0.2, -0.15) is 5.26 Å². The van der Waals surface area contributed by atoms with Crippen LogP contribution in [0.15, 0.2) is 18.2 Å². The van der Waals surface area contributed by atoms with Gasteiger partial charge in [0.15, 0.2) is 0 Å². The zero-order valence-electron chi connectivity index (χ0n) is 7.83. The van der Waals surface area contributed by atoms with Gasteiger partial charge in [0.05, 0.1) is 18.1 Å². The van der Waals surface area contributed by atoms with E-state index < -0.39 is 0 Å². The molecular weight excluding hydrogens is 176 g/mol.